The molecule has 3 rings (SSSR count). The van der Waals surface area contributed by atoms with Crippen molar-refractivity contribution in [2.45, 2.75) is 52.4 Å². The Balaban J connectivity index is 2.20. The van der Waals surface area contributed by atoms with E-state index in [0.29, 0.717) is 18.8 Å². The first-order valence-corrected chi connectivity index (χ1v) is 7.71. The first kappa shape index (κ1) is 13.5. The van der Waals surface area contributed by atoms with Crippen LogP contribution in [0.4, 0.5) is 0 Å². The molecule has 0 amide bonds. The van der Waals surface area contributed by atoms with E-state index in [-0.39, 0.29) is 5.97 Å². The molecule has 1 aromatic carbocycles. The van der Waals surface area contributed by atoms with Gasteiger partial charge in [-0.05, 0) is 74.6 Å². The molecule has 0 radical (unpaired) electrons. The number of carbonyl (C=O) groups excluding carboxylic acids is 1. The molecule has 3 nitrogen and oxygen atoms in total. The zero-order valence-electron chi connectivity index (χ0n) is 12.4. The van der Waals surface area contributed by atoms with Crippen LogP contribution in [-0.2, 0) is 24.0 Å². The van der Waals surface area contributed by atoms with Crippen LogP contribution in [0.5, 0.6) is 5.75 Å². The van der Waals surface area contributed by atoms with Crippen LogP contribution in [0.1, 0.15) is 58.8 Å². The van der Waals surface area contributed by atoms with E-state index in [9.17, 15) is 4.79 Å². The van der Waals surface area contributed by atoms with Gasteiger partial charge in [0.2, 0.25) is 0 Å². The third-order valence-corrected chi connectivity index (χ3v) is 4.46. The maximum absolute atomic E-state index is 12.3. The van der Waals surface area contributed by atoms with Gasteiger partial charge in [0.05, 0.1) is 13.2 Å². The fourth-order valence-electron chi connectivity index (χ4n) is 3.56. The largest absolute Gasteiger partial charge is 0.492 e. The molecule has 0 bridgehead atoms. The Morgan fingerprint density at radius 2 is 1.80 bits per heavy atom. The SMILES string of the molecule is CCOC(=O)c1c(C)c2c(c3c1OCCC3)CCCC2. The normalized spacial score (nSPS) is 16.9. The Hall–Kier alpha value is -1.51. The summed E-state index contributed by atoms with van der Waals surface area (Å²) in [5, 5.41) is 0. The Morgan fingerprint density at radius 1 is 1.10 bits per heavy atom. The molecule has 1 heterocycles. The monoisotopic (exact) mass is 274 g/mol. The molecule has 0 spiro atoms. The van der Waals surface area contributed by atoms with Crippen LogP contribution in [0.15, 0.2) is 0 Å². The summed E-state index contributed by atoms with van der Waals surface area (Å²) in [5.74, 6) is 0.587. The Labute approximate surface area is 120 Å². The van der Waals surface area contributed by atoms with Crippen molar-refractivity contribution >= 4 is 5.97 Å². The molecule has 1 aromatic rings. The molecule has 0 unspecified atom stereocenters. The second-order valence-electron chi connectivity index (χ2n) is 5.64. The summed E-state index contributed by atoms with van der Waals surface area (Å²) in [6.45, 7) is 5.01. The van der Waals surface area contributed by atoms with E-state index in [1.807, 2.05) is 6.92 Å². The lowest BCUT2D eigenvalue weighted by atomic mass is 9.81. The van der Waals surface area contributed by atoms with Gasteiger partial charge >= 0.3 is 5.97 Å². The van der Waals surface area contributed by atoms with E-state index < -0.39 is 0 Å². The number of hydrogen-bond donors (Lipinski definition) is 0. The fraction of sp³-hybridized carbons (Fsp3) is 0.588. The van der Waals surface area contributed by atoms with E-state index in [1.165, 1.54) is 29.5 Å². The average molecular weight is 274 g/mol. The van der Waals surface area contributed by atoms with Crippen LogP contribution in [0.2, 0.25) is 0 Å². The quantitative estimate of drug-likeness (QED) is 0.776. The molecule has 1 aliphatic heterocycles. The van der Waals surface area contributed by atoms with Gasteiger partial charge in [-0.1, -0.05) is 0 Å². The molecule has 3 heteroatoms. The number of carbonyl (C=O) groups is 1. The summed E-state index contributed by atoms with van der Waals surface area (Å²) in [6, 6.07) is 0. The molecule has 0 N–H and O–H groups in total. The van der Waals surface area contributed by atoms with Crippen molar-refractivity contribution in [1.82, 2.24) is 0 Å². The summed E-state index contributed by atoms with van der Waals surface area (Å²) >= 11 is 0. The zero-order valence-corrected chi connectivity index (χ0v) is 12.4. The number of fused-ring (bicyclic) bond motifs is 3. The van der Waals surface area contributed by atoms with Gasteiger partial charge in [-0.15, -0.1) is 0 Å². The van der Waals surface area contributed by atoms with E-state index in [4.69, 9.17) is 9.47 Å². The maximum atomic E-state index is 12.3. The minimum absolute atomic E-state index is 0.225. The van der Waals surface area contributed by atoms with Crippen molar-refractivity contribution in [2.75, 3.05) is 13.2 Å². The van der Waals surface area contributed by atoms with E-state index in [1.54, 1.807) is 0 Å². The summed E-state index contributed by atoms with van der Waals surface area (Å²) in [6.07, 6.45) is 6.76. The highest BCUT2D eigenvalue weighted by Crippen LogP contribution is 2.40. The molecule has 2 aliphatic rings. The Bertz CT molecular complexity index is 546. The van der Waals surface area contributed by atoms with Crippen LogP contribution >= 0.6 is 0 Å². The number of hydrogen-bond acceptors (Lipinski definition) is 3. The molecule has 0 saturated carbocycles. The minimum Gasteiger partial charge on any atom is -0.492 e. The van der Waals surface area contributed by atoms with Crippen LogP contribution in [-0.4, -0.2) is 19.2 Å². The molecular weight excluding hydrogens is 252 g/mol. The van der Waals surface area contributed by atoms with Gasteiger partial charge in [-0.2, -0.15) is 0 Å². The van der Waals surface area contributed by atoms with Gasteiger partial charge < -0.3 is 9.47 Å². The number of ether oxygens (including phenoxy) is 2. The first-order chi connectivity index (χ1) is 9.74. The third-order valence-electron chi connectivity index (χ3n) is 4.46. The van der Waals surface area contributed by atoms with Crippen LogP contribution in [0.25, 0.3) is 0 Å². The van der Waals surface area contributed by atoms with Crippen LogP contribution < -0.4 is 4.74 Å². The minimum atomic E-state index is -0.225. The molecular formula is C17H22O3. The number of benzene rings is 1. The van der Waals surface area contributed by atoms with Crippen molar-refractivity contribution in [2.24, 2.45) is 0 Å². The summed E-state index contributed by atoms with van der Waals surface area (Å²) < 4.78 is 11.1. The first-order valence-electron chi connectivity index (χ1n) is 7.71. The standard InChI is InChI=1S/C17H22O3/c1-3-19-17(18)15-11(2)12-7-4-5-8-13(12)14-9-6-10-20-16(14)15/h3-10H2,1-2H3. The van der Waals surface area contributed by atoms with E-state index >= 15 is 0 Å². The summed E-state index contributed by atoms with van der Waals surface area (Å²) in [7, 11) is 0. The molecule has 20 heavy (non-hydrogen) atoms. The van der Waals surface area contributed by atoms with E-state index in [2.05, 4.69) is 6.92 Å². The van der Waals surface area contributed by atoms with Crippen molar-refractivity contribution in [3.05, 3.63) is 27.8 Å². The molecule has 0 aromatic heterocycles. The van der Waals surface area contributed by atoms with Gasteiger partial charge in [0.15, 0.2) is 0 Å². The van der Waals surface area contributed by atoms with Crippen LogP contribution in [0, 0.1) is 6.92 Å². The molecule has 0 atom stereocenters. The van der Waals surface area contributed by atoms with Gasteiger partial charge in [-0.25, -0.2) is 4.79 Å². The van der Waals surface area contributed by atoms with Gasteiger partial charge in [0, 0.05) is 0 Å². The second-order valence-corrected chi connectivity index (χ2v) is 5.64. The molecule has 108 valence electrons. The van der Waals surface area contributed by atoms with E-state index in [0.717, 1.165) is 37.0 Å². The fourth-order valence-corrected chi connectivity index (χ4v) is 3.56. The zero-order chi connectivity index (χ0) is 14.1. The smallest absolute Gasteiger partial charge is 0.342 e. The highest BCUT2D eigenvalue weighted by molar-refractivity contribution is 5.95. The third kappa shape index (κ3) is 2.09. The molecule has 0 saturated heterocycles. The summed E-state index contributed by atoms with van der Waals surface area (Å²) in [5.41, 5.74) is 5.88. The van der Waals surface area contributed by atoms with Gasteiger partial charge in [0.1, 0.15) is 11.3 Å². The predicted molar refractivity (Wildman–Crippen MR) is 77.6 cm³/mol. The second kappa shape index (κ2) is 5.47. The molecule has 0 fully saturated rings. The lowest BCUT2D eigenvalue weighted by Gasteiger charge is -2.29. The molecule has 1 aliphatic carbocycles. The topological polar surface area (TPSA) is 35.5 Å². The highest BCUT2D eigenvalue weighted by atomic mass is 16.5. The highest BCUT2D eigenvalue weighted by Gasteiger charge is 2.29. The van der Waals surface area contributed by atoms with Crippen molar-refractivity contribution < 1.29 is 14.3 Å². The van der Waals surface area contributed by atoms with Crippen molar-refractivity contribution in [1.29, 1.82) is 0 Å². The van der Waals surface area contributed by atoms with Gasteiger partial charge in [0.25, 0.3) is 0 Å². The van der Waals surface area contributed by atoms with Crippen molar-refractivity contribution in [3.8, 4) is 5.75 Å². The lowest BCUT2D eigenvalue weighted by molar-refractivity contribution is 0.0519. The lowest BCUT2D eigenvalue weighted by Crippen LogP contribution is -2.21. The number of rotatable bonds is 2. The van der Waals surface area contributed by atoms with Gasteiger partial charge in [-0.3, -0.25) is 0 Å². The number of esters is 1. The van der Waals surface area contributed by atoms with Crippen molar-refractivity contribution in [3.63, 3.8) is 0 Å². The maximum Gasteiger partial charge on any atom is 0.342 e. The Kier molecular flexibility index (Phi) is 3.68. The summed E-state index contributed by atoms with van der Waals surface area (Å²) in [4.78, 5) is 12.3. The Morgan fingerprint density at radius 3 is 2.55 bits per heavy atom. The predicted octanol–water partition coefficient (Wildman–Crippen LogP) is 3.38. The van der Waals surface area contributed by atoms with Crippen LogP contribution in [0.3, 0.4) is 0 Å². The average Bonchev–Trinajstić information content (AvgIpc) is 2.48.